The first-order valence-corrected chi connectivity index (χ1v) is 7.65. The molecule has 0 saturated heterocycles. The van der Waals surface area contributed by atoms with E-state index in [0.717, 1.165) is 25.1 Å². The fraction of sp³-hybridized carbons (Fsp3) is 0.412. The molecule has 5 heteroatoms. The lowest BCUT2D eigenvalue weighted by Gasteiger charge is -2.24. The van der Waals surface area contributed by atoms with Gasteiger partial charge >= 0.3 is 5.97 Å². The van der Waals surface area contributed by atoms with E-state index in [-0.39, 0.29) is 17.7 Å². The fourth-order valence-corrected chi connectivity index (χ4v) is 3.15. The summed E-state index contributed by atoms with van der Waals surface area (Å²) >= 11 is 0. The molecule has 0 bridgehead atoms. The molecule has 1 aliphatic heterocycles. The second-order valence-electron chi connectivity index (χ2n) is 5.58. The van der Waals surface area contributed by atoms with Gasteiger partial charge in [0.1, 0.15) is 0 Å². The highest BCUT2D eigenvalue weighted by molar-refractivity contribution is 6.07. The minimum atomic E-state index is -0.260. The van der Waals surface area contributed by atoms with Crippen LogP contribution >= 0.6 is 0 Å². The number of hydrogen-bond donors (Lipinski definition) is 0. The summed E-state index contributed by atoms with van der Waals surface area (Å²) in [6.07, 6.45) is 3.51. The zero-order chi connectivity index (χ0) is 15.7. The van der Waals surface area contributed by atoms with E-state index in [1.54, 1.807) is 0 Å². The van der Waals surface area contributed by atoms with Crippen LogP contribution < -0.4 is 0 Å². The Kier molecular flexibility index (Phi) is 3.88. The number of aryl methyl sites for hydroxylation is 1. The molecule has 0 N–H and O–H groups in total. The number of carbonyl (C=O) groups is 2. The van der Waals surface area contributed by atoms with Gasteiger partial charge in [-0.1, -0.05) is 0 Å². The van der Waals surface area contributed by atoms with Gasteiger partial charge in [0.25, 0.3) is 0 Å². The third-order valence-electron chi connectivity index (χ3n) is 4.23. The summed E-state index contributed by atoms with van der Waals surface area (Å²) in [5.41, 5.74) is 2.19. The number of ether oxygens (including phenoxy) is 1. The molecule has 22 heavy (non-hydrogen) atoms. The lowest BCUT2D eigenvalue weighted by molar-refractivity contribution is -0.145. The number of fused-ring (bicyclic) bond motifs is 1. The normalized spacial score (nSPS) is 17.1. The van der Waals surface area contributed by atoms with Gasteiger partial charge in [-0.15, -0.1) is 0 Å². The first-order valence-electron chi connectivity index (χ1n) is 7.65. The van der Waals surface area contributed by atoms with E-state index in [1.165, 1.54) is 0 Å². The fourth-order valence-electron chi connectivity index (χ4n) is 3.15. The maximum absolute atomic E-state index is 12.7. The first kappa shape index (κ1) is 14.6. The average molecular weight is 300 g/mol. The van der Waals surface area contributed by atoms with Crippen molar-refractivity contribution < 1.29 is 14.3 Å². The van der Waals surface area contributed by atoms with Crippen LogP contribution in [0.25, 0.3) is 0 Å². The molecule has 1 unspecified atom stereocenters. The molecule has 2 aromatic heterocycles. The van der Waals surface area contributed by atoms with E-state index >= 15 is 0 Å². The summed E-state index contributed by atoms with van der Waals surface area (Å²) in [6, 6.07) is 7.38. The quantitative estimate of drug-likeness (QED) is 0.644. The molecule has 5 nitrogen and oxygen atoms in total. The van der Waals surface area contributed by atoms with Gasteiger partial charge in [0.05, 0.1) is 23.9 Å². The van der Waals surface area contributed by atoms with Crippen molar-refractivity contribution in [3.63, 3.8) is 0 Å². The van der Waals surface area contributed by atoms with Crippen LogP contribution in [-0.4, -0.2) is 27.5 Å². The van der Waals surface area contributed by atoms with Gasteiger partial charge < -0.3 is 13.9 Å². The molecule has 2 aromatic rings. The van der Waals surface area contributed by atoms with Crippen LogP contribution in [0.2, 0.25) is 0 Å². The summed E-state index contributed by atoms with van der Waals surface area (Å²) in [6.45, 7) is 2.96. The largest absolute Gasteiger partial charge is 0.465 e. The van der Waals surface area contributed by atoms with Gasteiger partial charge in [0.15, 0.2) is 0 Å². The molecule has 1 aliphatic rings. The third kappa shape index (κ3) is 2.36. The van der Waals surface area contributed by atoms with Crippen LogP contribution in [0.1, 0.15) is 47.6 Å². The second kappa shape index (κ2) is 5.83. The highest BCUT2D eigenvalue weighted by atomic mass is 16.5. The van der Waals surface area contributed by atoms with E-state index < -0.39 is 0 Å². The van der Waals surface area contributed by atoms with Gasteiger partial charge in [-0.3, -0.25) is 9.59 Å². The Bertz CT molecular complexity index is 711. The minimum Gasteiger partial charge on any atom is -0.465 e. The van der Waals surface area contributed by atoms with Crippen molar-refractivity contribution in [1.82, 2.24) is 9.13 Å². The van der Waals surface area contributed by atoms with E-state index in [0.29, 0.717) is 18.0 Å². The Morgan fingerprint density at radius 2 is 2.09 bits per heavy atom. The number of rotatable bonds is 4. The zero-order valence-electron chi connectivity index (χ0n) is 12.9. The number of aromatic nitrogens is 2. The van der Waals surface area contributed by atoms with Crippen LogP contribution in [0.4, 0.5) is 0 Å². The molecule has 1 atom stereocenters. The number of hydrogen-bond acceptors (Lipinski definition) is 3. The Morgan fingerprint density at radius 3 is 2.77 bits per heavy atom. The molecule has 3 heterocycles. The second-order valence-corrected chi connectivity index (χ2v) is 5.58. The molecule has 0 radical (unpaired) electrons. The number of nitrogens with zero attached hydrogens (tertiary/aromatic N) is 2. The summed E-state index contributed by atoms with van der Waals surface area (Å²) in [7, 11) is 1.86. The maximum Gasteiger partial charge on any atom is 0.314 e. The molecule has 0 fully saturated rings. The topological polar surface area (TPSA) is 53.2 Å². The Hall–Kier alpha value is -2.30. The Morgan fingerprint density at radius 1 is 1.27 bits per heavy atom. The molecule has 3 rings (SSSR count). The molecular formula is C17H20N2O3. The zero-order valence-corrected chi connectivity index (χ0v) is 12.9. The SMILES string of the molecule is CCOC(=O)C1CCCn2c(C(=O)c3cccn3C)ccc21. The number of ketones is 1. The van der Waals surface area contributed by atoms with Crippen molar-refractivity contribution in [1.29, 1.82) is 0 Å². The van der Waals surface area contributed by atoms with Gasteiger partial charge in [-0.2, -0.15) is 0 Å². The van der Waals surface area contributed by atoms with Crippen molar-refractivity contribution in [3.8, 4) is 0 Å². The molecule has 0 saturated carbocycles. The van der Waals surface area contributed by atoms with Crippen molar-refractivity contribution in [3.05, 3.63) is 47.5 Å². The summed E-state index contributed by atoms with van der Waals surface area (Å²) in [4.78, 5) is 24.8. The average Bonchev–Trinajstić information content (AvgIpc) is 3.12. The van der Waals surface area contributed by atoms with Crippen LogP contribution in [0.3, 0.4) is 0 Å². The number of carbonyl (C=O) groups excluding carboxylic acids is 2. The van der Waals surface area contributed by atoms with Crippen LogP contribution in [0.15, 0.2) is 30.5 Å². The number of esters is 1. The van der Waals surface area contributed by atoms with Crippen molar-refractivity contribution in [2.24, 2.45) is 7.05 Å². The van der Waals surface area contributed by atoms with Gasteiger partial charge in [0, 0.05) is 25.5 Å². The van der Waals surface area contributed by atoms with Crippen molar-refractivity contribution in [2.75, 3.05) is 6.61 Å². The molecule has 0 aromatic carbocycles. The molecular weight excluding hydrogens is 280 g/mol. The minimum absolute atomic E-state index is 0.0109. The van der Waals surface area contributed by atoms with E-state index in [1.807, 2.05) is 53.6 Å². The predicted molar refractivity (Wildman–Crippen MR) is 81.9 cm³/mol. The first-order chi connectivity index (χ1) is 10.6. The van der Waals surface area contributed by atoms with Crippen molar-refractivity contribution >= 4 is 11.8 Å². The monoisotopic (exact) mass is 300 g/mol. The Balaban J connectivity index is 1.95. The lowest BCUT2D eigenvalue weighted by Crippen LogP contribution is -2.25. The highest BCUT2D eigenvalue weighted by Crippen LogP contribution is 2.31. The predicted octanol–water partition coefficient (Wildman–Crippen LogP) is 2.50. The summed E-state index contributed by atoms with van der Waals surface area (Å²) in [5.74, 6) is -0.466. The van der Waals surface area contributed by atoms with E-state index in [4.69, 9.17) is 4.74 Å². The molecule has 0 spiro atoms. The van der Waals surface area contributed by atoms with Crippen molar-refractivity contribution in [2.45, 2.75) is 32.2 Å². The third-order valence-corrected chi connectivity index (χ3v) is 4.23. The summed E-state index contributed by atoms with van der Waals surface area (Å²) in [5, 5.41) is 0. The smallest absolute Gasteiger partial charge is 0.314 e. The van der Waals surface area contributed by atoms with Gasteiger partial charge in [-0.25, -0.2) is 0 Å². The van der Waals surface area contributed by atoms with Gasteiger partial charge in [-0.05, 0) is 44.0 Å². The molecule has 0 amide bonds. The highest BCUT2D eigenvalue weighted by Gasteiger charge is 2.30. The molecule has 116 valence electrons. The molecule has 0 aliphatic carbocycles. The Labute approximate surface area is 129 Å². The van der Waals surface area contributed by atoms with Crippen LogP contribution in [0.5, 0.6) is 0 Å². The maximum atomic E-state index is 12.7. The van der Waals surface area contributed by atoms with Crippen LogP contribution in [-0.2, 0) is 23.1 Å². The standard InChI is InChI=1S/C17H20N2O3/c1-3-22-17(21)12-6-4-11-19-13(12)8-9-15(19)16(20)14-7-5-10-18(14)2/h5,7-10,12H,3-4,6,11H2,1-2H3. The lowest BCUT2D eigenvalue weighted by atomic mass is 9.96. The van der Waals surface area contributed by atoms with E-state index in [2.05, 4.69) is 0 Å². The summed E-state index contributed by atoms with van der Waals surface area (Å²) < 4.78 is 8.94. The van der Waals surface area contributed by atoms with Gasteiger partial charge in [0.2, 0.25) is 5.78 Å². The van der Waals surface area contributed by atoms with Crippen LogP contribution in [0, 0.1) is 0 Å². The van der Waals surface area contributed by atoms with E-state index in [9.17, 15) is 9.59 Å².